The number of rotatable bonds is 3. The summed E-state index contributed by atoms with van der Waals surface area (Å²) in [6.45, 7) is 2.10. The molecule has 1 nitrogen and oxygen atoms in total. The van der Waals surface area contributed by atoms with Gasteiger partial charge in [-0.2, -0.15) is 0 Å². The van der Waals surface area contributed by atoms with Gasteiger partial charge in [0.15, 0.2) is 0 Å². The van der Waals surface area contributed by atoms with Crippen LogP contribution in [0.3, 0.4) is 0 Å². The van der Waals surface area contributed by atoms with Gasteiger partial charge in [-0.05, 0) is 48.4 Å². The first-order chi connectivity index (χ1) is 14.5. The molecule has 0 aliphatic heterocycles. The molecule has 0 aliphatic rings. The van der Waals surface area contributed by atoms with Crippen LogP contribution in [0.25, 0.3) is 11.1 Å². The maximum Gasteiger partial charge on any atom is 0.150 e. The monoisotopic (exact) mass is 403 g/mol. The molecule has 0 spiro atoms. The maximum atomic E-state index is 14.5. The van der Waals surface area contributed by atoms with Crippen molar-refractivity contribution in [1.29, 1.82) is 0 Å². The lowest BCUT2D eigenvalue weighted by molar-refractivity contribution is 0.591. The second kappa shape index (κ2) is 9.72. The van der Waals surface area contributed by atoms with Crippen molar-refractivity contribution in [2.45, 2.75) is 26.2 Å². The Morgan fingerprint density at radius 3 is 1.97 bits per heavy atom. The predicted octanol–water partition coefficient (Wildman–Crippen LogP) is 6.29. The largest absolute Gasteiger partial charge is 0.394 e. The van der Waals surface area contributed by atoms with Gasteiger partial charge in [0.25, 0.3) is 0 Å². The number of hydrogen-bond donors (Lipinski definition) is 1. The summed E-state index contributed by atoms with van der Waals surface area (Å²) in [7, 11) is 0. The molecular weight excluding hydrogens is 383 g/mol. The Hall–Kier alpha value is -3.63. The summed E-state index contributed by atoms with van der Waals surface area (Å²) in [5.74, 6) is 9.54. The van der Waals surface area contributed by atoms with Crippen molar-refractivity contribution in [1.82, 2.24) is 0 Å². The SMILES string of the molecule is CCCCC#Cc1ccc(-c2ccc(C#Cc3cc(F)c(N)c(F)c3)cc2)c(F)c1. The first kappa shape index (κ1) is 21.1. The van der Waals surface area contributed by atoms with Crippen LogP contribution >= 0.6 is 0 Å². The normalized spacial score (nSPS) is 10.0. The standard InChI is InChI=1S/C26H20F3N/c1-2-3-4-5-6-19-11-14-22(23(27)15-19)21-12-9-18(10-13-21)7-8-20-16-24(28)26(30)25(29)17-20/h9-17H,2-4,30H2,1H3. The molecule has 0 radical (unpaired) electrons. The molecule has 0 atom stereocenters. The molecule has 0 saturated carbocycles. The van der Waals surface area contributed by atoms with Crippen molar-refractivity contribution in [2.75, 3.05) is 5.73 Å². The summed E-state index contributed by atoms with van der Waals surface area (Å²) in [6, 6.07) is 14.1. The molecule has 0 fully saturated rings. The molecular formula is C26H20F3N. The van der Waals surface area contributed by atoms with E-state index in [0.717, 1.165) is 31.4 Å². The van der Waals surface area contributed by atoms with Crippen molar-refractivity contribution >= 4 is 5.69 Å². The van der Waals surface area contributed by atoms with Crippen molar-refractivity contribution in [3.05, 3.63) is 88.7 Å². The van der Waals surface area contributed by atoms with E-state index in [9.17, 15) is 13.2 Å². The lowest BCUT2D eigenvalue weighted by Gasteiger charge is -2.04. The van der Waals surface area contributed by atoms with E-state index >= 15 is 0 Å². The predicted molar refractivity (Wildman–Crippen MR) is 115 cm³/mol. The molecule has 150 valence electrons. The number of nitrogens with two attached hydrogens (primary N) is 1. The van der Waals surface area contributed by atoms with Crippen molar-refractivity contribution < 1.29 is 13.2 Å². The summed E-state index contributed by atoms with van der Waals surface area (Å²) in [5, 5.41) is 0. The van der Waals surface area contributed by atoms with Crippen LogP contribution in [0.2, 0.25) is 0 Å². The van der Waals surface area contributed by atoms with Crippen LogP contribution in [0.4, 0.5) is 18.9 Å². The highest BCUT2D eigenvalue weighted by molar-refractivity contribution is 5.66. The highest BCUT2D eigenvalue weighted by Gasteiger charge is 2.07. The fourth-order valence-corrected chi connectivity index (χ4v) is 2.79. The van der Waals surface area contributed by atoms with Crippen LogP contribution in [-0.4, -0.2) is 0 Å². The fourth-order valence-electron chi connectivity index (χ4n) is 2.79. The Morgan fingerprint density at radius 1 is 0.733 bits per heavy atom. The van der Waals surface area contributed by atoms with Crippen LogP contribution in [0.1, 0.15) is 42.9 Å². The van der Waals surface area contributed by atoms with Gasteiger partial charge in [-0.1, -0.05) is 55.2 Å². The Balaban J connectivity index is 1.77. The highest BCUT2D eigenvalue weighted by atomic mass is 19.1. The molecule has 0 amide bonds. The van der Waals surface area contributed by atoms with Gasteiger partial charge in [0.1, 0.15) is 23.1 Å². The topological polar surface area (TPSA) is 26.0 Å². The molecule has 4 heteroatoms. The summed E-state index contributed by atoms with van der Waals surface area (Å²) in [6.07, 6.45) is 2.92. The number of unbranched alkanes of at least 4 members (excludes halogenated alkanes) is 2. The lowest BCUT2D eigenvalue weighted by atomic mass is 10.0. The third-order valence-electron chi connectivity index (χ3n) is 4.48. The van der Waals surface area contributed by atoms with E-state index in [4.69, 9.17) is 5.73 Å². The number of halogens is 3. The third-order valence-corrected chi connectivity index (χ3v) is 4.48. The second-order valence-electron chi connectivity index (χ2n) is 6.78. The van der Waals surface area contributed by atoms with Gasteiger partial charge in [-0.3, -0.25) is 0 Å². The average Bonchev–Trinajstić information content (AvgIpc) is 2.74. The summed E-state index contributed by atoms with van der Waals surface area (Å²) in [5.41, 5.74) is 7.37. The Kier molecular flexibility index (Phi) is 6.83. The summed E-state index contributed by atoms with van der Waals surface area (Å²) in [4.78, 5) is 0. The molecule has 0 bridgehead atoms. The van der Waals surface area contributed by atoms with Gasteiger partial charge in [-0.15, -0.1) is 0 Å². The van der Waals surface area contributed by atoms with E-state index < -0.39 is 17.3 Å². The van der Waals surface area contributed by atoms with E-state index in [0.29, 0.717) is 22.3 Å². The van der Waals surface area contributed by atoms with Crippen LogP contribution < -0.4 is 5.73 Å². The first-order valence-electron chi connectivity index (χ1n) is 9.63. The fraction of sp³-hybridized carbons (Fsp3) is 0.154. The second-order valence-corrected chi connectivity index (χ2v) is 6.78. The maximum absolute atomic E-state index is 14.5. The molecule has 0 heterocycles. The average molecular weight is 403 g/mol. The van der Waals surface area contributed by atoms with E-state index in [-0.39, 0.29) is 11.4 Å². The van der Waals surface area contributed by atoms with Gasteiger partial charge >= 0.3 is 0 Å². The third kappa shape index (κ3) is 5.25. The zero-order chi connectivity index (χ0) is 21.5. The smallest absolute Gasteiger partial charge is 0.150 e. The van der Waals surface area contributed by atoms with Crippen LogP contribution in [-0.2, 0) is 0 Å². The zero-order valence-corrected chi connectivity index (χ0v) is 16.5. The minimum Gasteiger partial charge on any atom is -0.394 e. The molecule has 3 aromatic rings. The lowest BCUT2D eigenvalue weighted by Crippen LogP contribution is -1.96. The molecule has 30 heavy (non-hydrogen) atoms. The van der Waals surface area contributed by atoms with E-state index in [1.807, 2.05) is 0 Å². The molecule has 0 unspecified atom stereocenters. The Labute approximate surface area is 174 Å². The van der Waals surface area contributed by atoms with E-state index in [1.54, 1.807) is 36.4 Å². The Bertz CT molecular complexity index is 1150. The number of hydrogen-bond acceptors (Lipinski definition) is 1. The summed E-state index contributed by atoms with van der Waals surface area (Å²) < 4.78 is 41.5. The molecule has 0 saturated heterocycles. The van der Waals surface area contributed by atoms with Gasteiger partial charge in [0, 0.05) is 28.7 Å². The van der Waals surface area contributed by atoms with E-state index in [1.165, 1.54) is 6.07 Å². The van der Waals surface area contributed by atoms with Crippen LogP contribution in [0.5, 0.6) is 0 Å². The zero-order valence-electron chi connectivity index (χ0n) is 16.5. The molecule has 3 aromatic carbocycles. The van der Waals surface area contributed by atoms with Gasteiger partial charge in [-0.25, -0.2) is 13.2 Å². The molecule has 3 rings (SSSR count). The minimum absolute atomic E-state index is 0.185. The number of benzene rings is 3. The Morgan fingerprint density at radius 2 is 1.33 bits per heavy atom. The van der Waals surface area contributed by atoms with Gasteiger partial charge in [0.05, 0.1) is 0 Å². The molecule has 0 aliphatic carbocycles. The van der Waals surface area contributed by atoms with Gasteiger partial charge < -0.3 is 5.73 Å². The van der Waals surface area contributed by atoms with E-state index in [2.05, 4.69) is 30.6 Å². The highest BCUT2D eigenvalue weighted by Crippen LogP contribution is 2.24. The quantitative estimate of drug-likeness (QED) is 0.310. The first-order valence-corrected chi connectivity index (χ1v) is 9.63. The molecule has 0 aromatic heterocycles. The van der Waals surface area contributed by atoms with Crippen molar-refractivity contribution in [3.8, 4) is 34.8 Å². The van der Waals surface area contributed by atoms with Crippen LogP contribution in [0.15, 0.2) is 54.6 Å². The van der Waals surface area contributed by atoms with Crippen molar-refractivity contribution in [3.63, 3.8) is 0 Å². The van der Waals surface area contributed by atoms with Crippen LogP contribution in [0, 0.1) is 41.1 Å². The minimum atomic E-state index is -0.844. The van der Waals surface area contributed by atoms with Crippen molar-refractivity contribution in [2.24, 2.45) is 0 Å². The van der Waals surface area contributed by atoms with Gasteiger partial charge in [0.2, 0.25) is 0 Å². The molecule has 2 N–H and O–H groups in total. The number of nitrogen functional groups attached to an aromatic ring is 1. The summed E-state index contributed by atoms with van der Waals surface area (Å²) >= 11 is 0. The number of anilines is 1.